The van der Waals surface area contributed by atoms with E-state index in [4.69, 9.17) is 16.3 Å². The number of benzene rings is 2. The van der Waals surface area contributed by atoms with Gasteiger partial charge in [-0.05, 0) is 29.8 Å². The molecule has 3 rings (SSSR count). The van der Waals surface area contributed by atoms with E-state index in [1.54, 1.807) is 0 Å². The van der Waals surface area contributed by atoms with E-state index >= 15 is 0 Å². The van der Waals surface area contributed by atoms with Gasteiger partial charge in [0.05, 0.1) is 25.2 Å². The van der Waals surface area contributed by atoms with Crippen LogP contribution < -0.4 is 9.80 Å². The van der Waals surface area contributed by atoms with E-state index in [2.05, 4.69) is 46.2 Å². The van der Waals surface area contributed by atoms with Crippen molar-refractivity contribution < 1.29 is 9.84 Å². The minimum atomic E-state index is -0.552. The van der Waals surface area contributed by atoms with Crippen molar-refractivity contribution in [1.29, 1.82) is 0 Å². The predicted octanol–water partition coefficient (Wildman–Crippen LogP) is 3.13. The molecule has 1 fully saturated rings. The highest BCUT2D eigenvalue weighted by Gasteiger charge is 2.15. The SMILES string of the molecule is OC(CCl)CN(Cc1ccccc1)c1ccc(N2CCOCC2)cc1. The Morgan fingerprint density at radius 1 is 1.04 bits per heavy atom. The number of hydrogen-bond donors (Lipinski definition) is 1. The van der Waals surface area contributed by atoms with E-state index in [9.17, 15) is 5.11 Å². The number of nitrogens with zero attached hydrogens (tertiary/aromatic N) is 2. The maximum Gasteiger partial charge on any atom is 0.0850 e. The molecule has 134 valence electrons. The lowest BCUT2D eigenvalue weighted by molar-refractivity contribution is 0.122. The summed E-state index contributed by atoms with van der Waals surface area (Å²) in [4.78, 5) is 4.51. The largest absolute Gasteiger partial charge is 0.390 e. The zero-order valence-corrected chi connectivity index (χ0v) is 15.1. The number of aliphatic hydroxyl groups excluding tert-OH is 1. The second-order valence-corrected chi connectivity index (χ2v) is 6.60. The fourth-order valence-electron chi connectivity index (χ4n) is 3.06. The maximum absolute atomic E-state index is 10.0. The Morgan fingerprint density at radius 2 is 1.72 bits per heavy atom. The van der Waals surface area contributed by atoms with Crippen LogP contribution in [0.3, 0.4) is 0 Å². The lowest BCUT2D eigenvalue weighted by atomic mass is 10.1. The standard InChI is InChI=1S/C20H25ClN2O2/c21-14-20(24)16-23(15-17-4-2-1-3-5-17)19-8-6-18(7-9-19)22-10-12-25-13-11-22/h1-9,20,24H,10-16H2. The summed E-state index contributed by atoms with van der Waals surface area (Å²) in [7, 11) is 0. The molecule has 0 aromatic heterocycles. The van der Waals surface area contributed by atoms with Crippen molar-refractivity contribution >= 4 is 23.0 Å². The summed E-state index contributed by atoms with van der Waals surface area (Å²) in [6, 6.07) is 18.8. The van der Waals surface area contributed by atoms with Crippen molar-refractivity contribution in [1.82, 2.24) is 0 Å². The van der Waals surface area contributed by atoms with Gasteiger partial charge >= 0.3 is 0 Å². The second-order valence-electron chi connectivity index (χ2n) is 6.29. The Bertz CT molecular complexity index is 630. The third-order valence-corrected chi connectivity index (χ3v) is 4.77. The molecule has 0 bridgehead atoms. The van der Waals surface area contributed by atoms with E-state index in [1.807, 2.05) is 18.2 Å². The van der Waals surface area contributed by atoms with Gasteiger partial charge in [0.25, 0.3) is 0 Å². The van der Waals surface area contributed by atoms with Crippen molar-refractivity contribution in [2.24, 2.45) is 0 Å². The average molecular weight is 361 g/mol. The summed E-state index contributed by atoms with van der Waals surface area (Å²) >= 11 is 5.82. The van der Waals surface area contributed by atoms with Gasteiger partial charge in [-0.1, -0.05) is 30.3 Å². The van der Waals surface area contributed by atoms with Crippen LogP contribution in [0, 0.1) is 0 Å². The number of ether oxygens (including phenoxy) is 1. The first-order valence-electron chi connectivity index (χ1n) is 8.72. The van der Waals surface area contributed by atoms with Crippen LogP contribution in [0.15, 0.2) is 54.6 Å². The second kappa shape index (κ2) is 9.09. The van der Waals surface area contributed by atoms with E-state index in [1.165, 1.54) is 11.3 Å². The minimum Gasteiger partial charge on any atom is -0.390 e. The van der Waals surface area contributed by atoms with Crippen molar-refractivity contribution in [3.63, 3.8) is 0 Å². The topological polar surface area (TPSA) is 35.9 Å². The molecule has 4 nitrogen and oxygen atoms in total. The molecular weight excluding hydrogens is 336 g/mol. The van der Waals surface area contributed by atoms with Crippen LogP contribution in [0.4, 0.5) is 11.4 Å². The van der Waals surface area contributed by atoms with Gasteiger partial charge in [0.15, 0.2) is 0 Å². The number of morpholine rings is 1. The molecule has 1 aliphatic heterocycles. The first-order chi connectivity index (χ1) is 12.3. The molecule has 1 atom stereocenters. The average Bonchev–Trinajstić information content (AvgIpc) is 2.69. The number of hydrogen-bond acceptors (Lipinski definition) is 4. The summed E-state index contributed by atoms with van der Waals surface area (Å²) in [5.74, 6) is 0.233. The minimum absolute atomic E-state index is 0.233. The highest BCUT2D eigenvalue weighted by molar-refractivity contribution is 6.18. The van der Waals surface area contributed by atoms with E-state index in [-0.39, 0.29) is 5.88 Å². The number of halogens is 1. The molecule has 2 aromatic rings. The van der Waals surface area contributed by atoms with Gasteiger partial charge in [-0.2, -0.15) is 0 Å². The third-order valence-electron chi connectivity index (χ3n) is 4.42. The molecule has 0 aliphatic carbocycles. The molecule has 0 saturated carbocycles. The zero-order valence-electron chi connectivity index (χ0n) is 14.4. The quantitative estimate of drug-likeness (QED) is 0.769. The van der Waals surface area contributed by atoms with Gasteiger partial charge in [-0.15, -0.1) is 11.6 Å². The van der Waals surface area contributed by atoms with Crippen LogP contribution >= 0.6 is 11.6 Å². The van der Waals surface area contributed by atoms with E-state index in [0.717, 1.165) is 38.5 Å². The fraction of sp³-hybridized carbons (Fsp3) is 0.400. The Morgan fingerprint density at radius 3 is 2.36 bits per heavy atom. The van der Waals surface area contributed by atoms with Gasteiger partial charge in [-0.25, -0.2) is 0 Å². The maximum atomic E-state index is 10.0. The number of alkyl halides is 1. The van der Waals surface area contributed by atoms with Crippen LogP contribution in [-0.4, -0.2) is 49.9 Å². The lowest BCUT2D eigenvalue weighted by Gasteiger charge is -2.30. The monoisotopic (exact) mass is 360 g/mol. The molecule has 0 radical (unpaired) electrons. The smallest absolute Gasteiger partial charge is 0.0850 e. The van der Waals surface area contributed by atoms with E-state index < -0.39 is 6.10 Å². The summed E-state index contributed by atoms with van der Waals surface area (Å²) in [6.07, 6.45) is -0.552. The molecule has 0 spiro atoms. The molecule has 5 heteroatoms. The van der Waals surface area contributed by atoms with Crippen molar-refractivity contribution in [3.8, 4) is 0 Å². The normalized spacial score (nSPS) is 15.8. The van der Waals surface area contributed by atoms with Crippen LogP contribution in [0.1, 0.15) is 5.56 Å². The number of aliphatic hydroxyl groups is 1. The first kappa shape index (κ1) is 18.1. The van der Waals surface area contributed by atoms with Gasteiger partial charge in [0, 0.05) is 37.6 Å². The highest BCUT2D eigenvalue weighted by Crippen LogP contribution is 2.23. The molecule has 0 amide bonds. The summed E-state index contributed by atoms with van der Waals surface area (Å²) in [5.41, 5.74) is 3.51. The third kappa shape index (κ3) is 5.11. The first-order valence-corrected chi connectivity index (χ1v) is 9.25. The summed E-state index contributed by atoms with van der Waals surface area (Å²) in [6.45, 7) is 4.67. The molecule has 1 heterocycles. The van der Waals surface area contributed by atoms with Crippen LogP contribution in [0.5, 0.6) is 0 Å². The molecule has 1 saturated heterocycles. The van der Waals surface area contributed by atoms with Gasteiger partial charge in [-0.3, -0.25) is 0 Å². The summed E-state index contributed by atoms with van der Waals surface area (Å²) < 4.78 is 5.42. The molecule has 2 aromatic carbocycles. The molecule has 1 unspecified atom stereocenters. The molecule has 25 heavy (non-hydrogen) atoms. The van der Waals surface area contributed by atoms with Crippen molar-refractivity contribution in [3.05, 3.63) is 60.2 Å². The molecule has 1 aliphatic rings. The van der Waals surface area contributed by atoms with Gasteiger partial charge < -0.3 is 19.6 Å². The number of rotatable bonds is 7. The molecular formula is C20H25ClN2O2. The molecule has 1 N–H and O–H groups in total. The predicted molar refractivity (Wildman–Crippen MR) is 104 cm³/mol. The Kier molecular flexibility index (Phi) is 6.56. The van der Waals surface area contributed by atoms with Crippen molar-refractivity contribution in [2.75, 3.05) is 48.5 Å². The zero-order chi connectivity index (χ0) is 17.5. The van der Waals surface area contributed by atoms with E-state index in [0.29, 0.717) is 6.54 Å². The van der Waals surface area contributed by atoms with Crippen LogP contribution in [-0.2, 0) is 11.3 Å². The lowest BCUT2D eigenvalue weighted by Crippen LogP contribution is -2.36. The van der Waals surface area contributed by atoms with Gasteiger partial charge in [0.2, 0.25) is 0 Å². The van der Waals surface area contributed by atoms with Crippen molar-refractivity contribution in [2.45, 2.75) is 12.6 Å². The Hall–Kier alpha value is -1.75. The Labute approximate surface area is 154 Å². The van der Waals surface area contributed by atoms with Crippen LogP contribution in [0.2, 0.25) is 0 Å². The fourth-order valence-corrected chi connectivity index (χ4v) is 3.16. The Balaban J connectivity index is 1.74. The summed E-state index contributed by atoms with van der Waals surface area (Å²) in [5, 5.41) is 10.0. The number of anilines is 2. The van der Waals surface area contributed by atoms with Gasteiger partial charge in [0.1, 0.15) is 0 Å². The van der Waals surface area contributed by atoms with Crippen LogP contribution in [0.25, 0.3) is 0 Å². The highest BCUT2D eigenvalue weighted by atomic mass is 35.5.